The van der Waals surface area contributed by atoms with Gasteiger partial charge < -0.3 is 15.6 Å². The Morgan fingerprint density at radius 2 is 1.59 bits per heavy atom. The first-order valence-electron chi connectivity index (χ1n) is 7.47. The number of halogens is 3. The van der Waals surface area contributed by atoms with Gasteiger partial charge >= 0.3 is 11.5 Å². The van der Waals surface area contributed by atoms with Crippen LogP contribution in [0.15, 0.2) is 65.0 Å². The Balaban J connectivity index is 2.05. The Kier molecular flexibility index (Phi) is 6.59. The van der Waals surface area contributed by atoms with E-state index in [2.05, 4.69) is 5.43 Å². The van der Waals surface area contributed by atoms with Crippen molar-refractivity contribution in [1.82, 2.24) is 5.43 Å². The van der Waals surface area contributed by atoms with Crippen LogP contribution in [0.1, 0.15) is 5.56 Å². The van der Waals surface area contributed by atoms with E-state index in [-0.39, 0.29) is 29.1 Å². The van der Waals surface area contributed by atoms with E-state index in [0.717, 1.165) is 11.1 Å². The first-order chi connectivity index (χ1) is 12.7. The summed E-state index contributed by atoms with van der Waals surface area (Å²) in [5.74, 6) is 3.55. The van der Waals surface area contributed by atoms with Crippen LogP contribution in [0.5, 0.6) is 0 Å². The number of carbonyl (C=O) groups is 1. The van der Waals surface area contributed by atoms with Gasteiger partial charge in [-0.25, -0.2) is 10.6 Å². The number of benzene rings is 2. The van der Waals surface area contributed by atoms with Gasteiger partial charge in [0.25, 0.3) is 0 Å². The Hall–Kier alpha value is -2.85. The summed E-state index contributed by atoms with van der Waals surface area (Å²) in [5, 5.41) is 8.80. The Morgan fingerprint density at radius 3 is 2.04 bits per heavy atom. The molecule has 0 spiro atoms. The number of carboxylic acid groups (broad SMARTS) is 1. The third-order valence-corrected chi connectivity index (χ3v) is 4.10. The monoisotopic (exact) mass is 399 g/mol. The lowest BCUT2D eigenvalue weighted by molar-refractivity contribution is -0.133. The molecule has 0 saturated carbocycles. The van der Waals surface area contributed by atoms with Crippen LogP contribution < -0.4 is 17.0 Å². The minimum absolute atomic E-state index is 0.0228. The van der Waals surface area contributed by atoms with Crippen LogP contribution in [0, 0.1) is 0 Å². The molecular formula is C17H16F3N3O3S. The van der Waals surface area contributed by atoms with E-state index in [4.69, 9.17) is 21.4 Å². The van der Waals surface area contributed by atoms with Crippen LogP contribution in [0.2, 0.25) is 0 Å². The minimum Gasteiger partial charge on any atom is -0.476 e. The lowest BCUT2D eigenvalue weighted by Crippen LogP contribution is -2.29. The van der Waals surface area contributed by atoms with Gasteiger partial charge in [0.05, 0.1) is 0 Å². The molecule has 0 aliphatic heterocycles. The number of ether oxygens (including phenoxy) is 1. The van der Waals surface area contributed by atoms with Crippen LogP contribution in [-0.2, 0) is 16.1 Å². The smallest absolute Gasteiger partial charge is 0.446 e. The number of rotatable bonds is 7. The first kappa shape index (κ1) is 20.5. The molecule has 2 aromatic carbocycles. The molecule has 0 saturated heterocycles. The molecule has 27 heavy (non-hydrogen) atoms. The number of nitrogens with two attached hydrogens (primary N) is 2. The summed E-state index contributed by atoms with van der Waals surface area (Å²) in [5.41, 5.74) is 4.82. The topological polar surface area (TPSA) is 111 Å². The summed E-state index contributed by atoms with van der Waals surface area (Å²) in [4.78, 5) is 10.9. The molecule has 144 valence electrons. The quantitative estimate of drug-likeness (QED) is 0.186. The number of alkyl halides is 3. The number of hydrazine groups is 1. The average molecular weight is 399 g/mol. The minimum atomic E-state index is -4.32. The van der Waals surface area contributed by atoms with Crippen molar-refractivity contribution in [3.8, 4) is 11.1 Å². The van der Waals surface area contributed by atoms with Crippen molar-refractivity contribution in [2.75, 3.05) is 0 Å². The first-order valence-corrected chi connectivity index (χ1v) is 8.29. The SMILES string of the molecule is NN/C(OCc1ccc(-c2ccc(SC(F)(F)F)cc2)cc1)=C(\N)C(=O)O. The molecule has 0 heterocycles. The van der Waals surface area contributed by atoms with Crippen molar-refractivity contribution in [2.45, 2.75) is 17.0 Å². The summed E-state index contributed by atoms with van der Waals surface area (Å²) in [6, 6.07) is 13.0. The van der Waals surface area contributed by atoms with Gasteiger partial charge in [-0.3, -0.25) is 5.43 Å². The standard InChI is InChI=1S/C17H16F3N3O3S/c18-17(19,20)27-13-7-5-12(6-8-13)11-3-1-10(2-4-11)9-26-15(23-22)14(21)16(24)25/h1-8,23H,9,21-22H2,(H,24,25)/b15-14+. The summed E-state index contributed by atoms with van der Waals surface area (Å²) in [7, 11) is 0. The Labute approximate surface area is 157 Å². The van der Waals surface area contributed by atoms with Crippen LogP contribution >= 0.6 is 11.8 Å². The third kappa shape index (κ3) is 6.12. The molecule has 0 aliphatic rings. The van der Waals surface area contributed by atoms with E-state index >= 15 is 0 Å². The normalized spacial score (nSPS) is 12.3. The number of nitrogens with one attached hydrogen (secondary N) is 1. The van der Waals surface area contributed by atoms with Crippen molar-refractivity contribution in [3.63, 3.8) is 0 Å². The molecule has 0 radical (unpaired) electrons. The van der Waals surface area contributed by atoms with Crippen molar-refractivity contribution < 1.29 is 27.8 Å². The maximum atomic E-state index is 12.4. The summed E-state index contributed by atoms with van der Waals surface area (Å²) >= 11 is -0.166. The predicted octanol–water partition coefficient (Wildman–Crippen LogP) is 3.16. The van der Waals surface area contributed by atoms with Crippen molar-refractivity contribution in [1.29, 1.82) is 0 Å². The predicted molar refractivity (Wildman–Crippen MR) is 94.8 cm³/mol. The van der Waals surface area contributed by atoms with Gasteiger partial charge in [0.1, 0.15) is 6.61 Å². The highest BCUT2D eigenvalue weighted by atomic mass is 32.2. The second-order valence-corrected chi connectivity index (χ2v) is 6.39. The molecular weight excluding hydrogens is 383 g/mol. The molecule has 0 unspecified atom stereocenters. The van der Waals surface area contributed by atoms with Crippen molar-refractivity contribution in [2.24, 2.45) is 11.6 Å². The molecule has 6 nitrogen and oxygen atoms in total. The van der Waals surface area contributed by atoms with E-state index < -0.39 is 17.2 Å². The average Bonchev–Trinajstić information content (AvgIpc) is 2.62. The molecule has 0 fully saturated rings. The number of hydrogen-bond donors (Lipinski definition) is 4. The maximum absolute atomic E-state index is 12.4. The van der Waals surface area contributed by atoms with E-state index in [9.17, 15) is 18.0 Å². The van der Waals surface area contributed by atoms with E-state index in [1.807, 2.05) is 0 Å². The molecule has 0 aromatic heterocycles. The highest BCUT2D eigenvalue weighted by Crippen LogP contribution is 2.37. The second kappa shape index (κ2) is 8.69. The van der Waals surface area contributed by atoms with Crippen molar-refractivity contribution in [3.05, 3.63) is 65.7 Å². The lowest BCUT2D eigenvalue weighted by Gasteiger charge is -2.11. The fourth-order valence-electron chi connectivity index (χ4n) is 2.09. The number of aliphatic carboxylic acids is 1. The van der Waals surface area contributed by atoms with Gasteiger partial charge in [-0.1, -0.05) is 36.4 Å². The summed E-state index contributed by atoms with van der Waals surface area (Å²) in [6.45, 7) is 0.0228. The lowest BCUT2D eigenvalue weighted by atomic mass is 10.0. The molecule has 2 aromatic rings. The highest BCUT2D eigenvalue weighted by Gasteiger charge is 2.29. The largest absolute Gasteiger partial charge is 0.476 e. The molecule has 0 atom stereocenters. The van der Waals surface area contributed by atoms with Crippen LogP contribution in [0.3, 0.4) is 0 Å². The highest BCUT2D eigenvalue weighted by molar-refractivity contribution is 8.00. The molecule has 2 rings (SSSR count). The fraction of sp³-hybridized carbons (Fsp3) is 0.118. The van der Waals surface area contributed by atoms with Gasteiger partial charge in [-0.05, 0) is 40.6 Å². The van der Waals surface area contributed by atoms with Gasteiger partial charge in [0, 0.05) is 4.90 Å². The zero-order chi connectivity index (χ0) is 20.0. The van der Waals surface area contributed by atoms with Gasteiger partial charge in [-0.2, -0.15) is 13.2 Å². The van der Waals surface area contributed by atoms with E-state index in [1.165, 1.54) is 12.1 Å². The van der Waals surface area contributed by atoms with Crippen LogP contribution in [0.25, 0.3) is 11.1 Å². The molecule has 0 bridgehead atoms. The summed E-state index contributed by atoms with van der Waals surface area (Å²) in [6.07, 6.45) is 0. The van der Waals surface area contributed by atoms with Gasteiger partial charge in [0.15, 0.2) is 5.70 Å². The molecule has 6 N–H and O–H groups in total. The number of thioether (sulfide) groups is 1. The number of hydrogen-bond acceptors (Lipinski definition) is 6. The molecule has 0 aliphatic carbocycles. The summed E-state index contributed by atoms with van der Waals surface area (Å²) < 4.78 is 42.3. The second-order valence-electron chi connectivity index (χ2n) is 5.25. The maximum Gasteiger partial charge on any atom is 0.446 e. The van der Waals surface area contributed by atoms with Crippen LogP contribution in [0.4, 0.5) is 13.2 Å². The van der Waals surface area contributed by atoms with Crippen LogP contribution in [-0.4, -0.2) is 16.6 Å². The Morgan fingerprint density at radius 1 is 1.07 bits per heavy atom. The zero-order valence-corrected chi connectivity index (χ0v) is 14.6. The molecule has 0 amide bonds. The third-order valence-electron chi connectivity index (χ3n) is 3.36. The zero-order valence-electron chi connectivity index (χ0n) is 13.8. The Bertz CT molecular complexity index is 822. The number of carboxylic acids is 1. The van der Waals surface area contributed by atoms with Crippen molar-refractivity contribution >= 4 is 17.7 Å². The van der Waals surface area contributed by atoms with Gasteiger partial charge in [0.2, 0.25) is 5.88 Å². The molecule has 10 heteroatoms. The van der Waals surface area contributed by atoms with E-state index in [0.29, 0.717) is 5.56 Å². The van der Waals surface area contributed by atoms with E-state index in [1.54, 1.807) is 36.4 Å². The van der Waals surface area contributed by atoms with Gasteiger partial charge in [-0.15, -0.1) is 0 Å². The fourth-order valence-corrected chi connectivity index (χ4v) is 2.63.